The summed E-state index contributed by atoms with van der Waals surface area (Å²) in [6.45, 7) is 3.69. The van der Waals surface area contributed by atoms with Crippen molar-refractivity contribution in [3.8, 4) is 0 Å². The lowest BCUT2D eigenvalue weighted by Gasteiger charge is -2.27. The highest BCUT2D eigenvalue weighted by Gasteiger charge is 2.13. The minimum atomic E-state index is -0.229. The molecule has 0 bridgehead atoms. The molecule has 1 N–H and O–H groups in total. The Morgan fingerprint density at radius 2 is 1.83 bits per heavy atom. The molecule has 1 aromatic carbocycles. The van der Waals surface area contributed by atoms with Gasteiger partial charge in [-0.3, -0.25) is 9.69 Å². The topological polar surface area (TPSA) is 59.3 Å². The molecule has 24 heavy (non-hydrogen) atoms. The van der Waals surface area contributed by atoms with Gasteiger partial charge in [-0.25, -0.2) is 0 Å². The van der Waals surface area contributed by atoms with Crippen molar-refractivity contribution in [2.75, 3.05) is 13.1 Å². The predicted octanol–water partition coefficient (Wildman–Crippen LogP) is 2.24. The van der Waals surface area contributed by atoms with E-state index in [0.29, 0.717) is 16.8 Å². The van der Waals surface area contributed by atoms with E-state index in [2.05, 4.69) is 22.3 Å². The Balaban J connectivity index is 1.63. The number of likely N-dealkylation sites (tertiary alicyclic amines) is 1. The Kier molecular flexibility index (Phi) is 5.43. The third kappa shape index (κ3) is 4.32. The second-order valence-electron chi connectivity index (χ2n) is 6.24. The fourth-order valence-electron chi connectivity index (χ4n) is 3.11. The number of hydrogen-bond donors (Lipinski definition) is 1. The van der Waals surface area contributed by atoms with Crippen molar-refractivity contribution in [2.45, 2.75) is 32.4 Å². The lowest BCUT2D eigenvalue weighted by atomic mass is 10.0. The highest BCUT2D eigenvalue weighted by atomic mass is 16.5. The number of hydrogen-bond acceptors (Lipinski definition) is 3. The lowest BCUT2D eigenvalue weighted by molar-refractivity contribution is -0.605. The van der Waals surface area contributed by atoms with Crippen molar-refractivity contribution in [1.82, 2.24) is 10.2 Å². The molecule has 0 aliphatic carbocycles. The van der Waals surface area contributed by atoms with E-state index in [0.717, 1.165) is 25.2 Å². The first-order chi connectivity index (χ1) is 11.7. The van der Waals surface area contributed by atoms with Gasteiger partial charge in [0.1, 0.15) is 5.56 Å². The number of amides is 1. The molecule has 0 saturated carbocycles. The number of pyridine rings is 1. The zero-order valence-corrected chi connectivity index (χ0v) is 13.8. The Hall–Kier alpha value is -2.40. The Morgan fingerprint density at radius 3 is 2.58 bits per heavy atom. The van der Waals surface area contributed by atoms with Gasteiger partial charge in [-0.2, -0.15) is 4.73 Å². The molecular formula is C19H23N3O2. The van der Waals surface area contributed by atoms with Crippen molar-refractivity contribution in [3.05, 3.63) is 70.7 Å². The van der Waals surface area contributed by atoms with Gasteiger partial charge < -0.3 is 10.5 Å². The summed E-state index contributed by atoms with van der Waals surface area (Å²) < 4.78 is 0.638. The first kappa shape index (κ1) is 16.5. The number of piperidine rings is 1. The first-order valence-corrected chi connectivity index (χ1v) is 8.48. The van der Waals surface area contributed by atoms with E-state index >= 15 is 0 Å². The molecule has 2 aromatic rings. The van der Waals surface area contributed by atoms with Crippen LogP contribution in [0.15, 0.2) is 48.8 Å². The molecule has 0 radical (unpaired) electrons. The Bertz CT molecular complexity index is 697. The highest BCUT2D eigenvalue weighted by Crippen LogP contribution is 2.16. The summed E-state index contributed by atoms with van der Waals surface area (Å²) in [5, 5.41) is 14.2. The molecule has 1 amide bonds. The highest BCUT2D eigenvalue weighted by molar-refractivity contribution is 5.93. The maximum atomic E-state index is 12.2. The maximum Gasteiger partial charge on any atom is 0.257 e. The molecule has 1 aliphatic heterocycles. The van der Waals surface area contributed by atoms with E-state index in [9.17, 15) is 10.0 Å². The fraction of sp³-hybridized carbons (Fsp3) is 0.368. The number of aromatic nitrogens is 1. The molecule has 0 atom stereocenters. The van der Waals surface area contributed by atoms with E-state index in [1.54, 1.807) is 12.1 Å². The number of rotatable bonds is 5. The molecule has 1 fully saturated rings. The molecule has 1 aliphatic rings. The molecule has 0 spiro atoms. The van der Waals surface area contributed by atoms with Gasteiger partial charge in [-0.1, -0.05) is 30.7 Å². The summed E-state index contributed by atoms with van der Waals surface area (Å²) in [5.41, 5.74) is 2.76. The normalized spacial score (nSPS) is 15.2. The van der Waals surface area contributed by atoms with Crippen molar-refractivity contribution < 1.29 is 9.52 Å². The van der Waals surface area contributed by atoms with E-state index < -0.39 is 0 Å². The second kappa shape index (κ2) is 7.93. The SMILES string of the molecule is O=C(NCc1ccccc1CN1CCCCC1)c1ccc[n+]([O-])c1. The van der Waals surface area contributed by atoms with Crippen LogP contribution in [-0.2, 0) is 13.1 Å². The summed E-state index contributed by atoms with van der Waals surface area (Å²) in [6, 6.07) is 11.4. The standard InChI is InChI=1S/C19H23N3O2/c23-19(18-9-6-12-22(24)15-18)20-13-16-7-2-3-8-17(16)14-21-10-4-1-5-11-21/h2-3,6-9,12,15H,1,4-5,10-11,13-14H2,(H,20,23). The van der Waals surface area contributed by atoms with Crippen molar-refractivity contribution in [3.63, 3.8) is 0 Å². The van der Waals surface area contributed by atoms with Gasteiger partial charge in [-0.05, 0) is 43.1 Å². The van der Waals surface area contributed by atoms with Gasteiger partial charge in [0.15, 0.2) is 12.4 Å². The van der Waals surface area contributed by atoms with Gasteiger partial charge in [-0.15, -0.1) is 0 Å². The summed E-state index contributed by atoms with van der Waals surface area (Å²) in [4.78, 5) is 14.7. The van der Waals surface area contributed by atoms with Crippen LogP contribution < -0.4 is 10.0 Å². The Morgan fingerprint density at radius 1 is 1.08 bits per heavy atom. The first-order valence-electron chi connectivity index (χ1n) is 8.48. The van der Waals surface area contributed by atoms with Crippen LogP contribution in [0, 0.1) is 5.21 Å². The summed E-state index contributed by atoms with van der Waals surface area (Å²) in [7, 11) is 0. The van der Waals surface area contributed by atoms with Crippen LogP contribution in [0.4, 0.5) is 0 Å². The molecule has 2 heterocycles. The van der Waals surface area contributed by atoms with Gasteiger partial charge in [0.25, 0.3) is 5.91 Å². The number of carbonyl (C=O) groups excluding carboxylic acids is 1. The largest absolute Gasteiger partial charge is 0.619 e. The van der Waals surface area contributed by atoms with E-state index in [1.807, 2.05) is 12.1 Å². The second-order valence-corrected chi connectivity index (χ2v) is 6.24. The average Bonchev–Trinajstić information content (AvgIpc) is 2.61. The molecule has 1 aromatic heterocycles. The third-order valence-electron chi connectivity index (χ3n) is 4.44. The van der Waals surface area contributed by atoms with Crippen LogP contribution in [0.25, 0.3) is 0 Å². The smallest absolute Gasteiger partial charge is 0.257 e. The molecule has 126 valence electrons. The molecule has 0 unspecified atom stereocenters. The molecule has 5 nitrogen and oxygen atoms in total. The third-order valence-corrected chi connectivity index (χ3v) is 4.44. The quantitative estimate of drug-likeness (QED) is 0.677. The van der Waals surface area contributed by atoms with Crippen molar-refractivity contribution in [1.29, 1.82) is 0 Å². The van der Waals surface area contributed by atoms with Gasteiger partial charge in [0, 0.05) is 19.2 Å². The zero-order chi connectivity index (χ0) is 16.8. The average molecular weight is 325 g/mol. The summed E-state index contributed by atoms with van der Waals surface area (Å²) >= 11 is 0. The maximum absolute atomic E-state index is 12.2. The minimum Gasteiger partial charge on any atom is -0.619 e. The molecule has 3 rings (SSSR count). The van der Waals surface area contributed by atoms with Gasteiger partial charge in [0.2, 0.25) is 0 Å². The number of carbonyl (C=O) groups is 1. The Labute approximate surface area is 142 Å². The van der Waals surface area contributed by atoms with Gasteiger partial charge in [0.05, 0.1) is 0 Å². The molecular weight excluding hydrogens is 302 g/mol. The summed E-state index contributed by atoms with van der Waals surface area (Å²) in [5.74, 6) is -0.229. The molecule has 1 saturated heterocycles. The summed E-state index contributed by atoms with van der Waals surface area (Å²) in [6.07, 6.45) is 6.51. The zero-order valence-electron chi connectivity index (χ0n) is 13.8. The number of nitrogens with zero attached hydrogens (tertiary/aromatic N) is 2. The van der Waals surface area contributed by atoms with E-state index in [1.165, 1.54) is 37.2 Å². The predicted molar refractivity (Wildman–Crippen MR) is 92.1 cm³/mol. The van der Waals surface area contributed by atoms with Gasteiger partial charge >= 0.3 is 0 Å². The fourth-order valence-corrected chi connectivity index (χ4v) is 3.11. The van der Waals surface area contributed by atoms with Crippen LogP contribution >= 0.6 is 0 Å². The molecule has 5 heteroatoms. The van der Waals surface area contributed by atoms with Crippen LogP contribution in [0.2, 0.25) is 0 Å². The van der Waals surface area contributed by atoms with Crippen LogP contribution in [-0.4, -0.2) is 23.9 Å². The van der Waals surface area contributed by atoms with Crippen molar-refractivity contribution in [2.24, 2.45) is 0 Å². The minimum absolute atomic E-state index is 0.229. The van der Waals surface area contributed by atoms with Crippen LogP contribution in [0.5, 0.6) is 0 Å². The van der Waals surface area contributed by atoms with Crippen molar-refractivity contribution >= 4 is 5.91 Å². The van der Waals surface area contributed by atoms with Crippen LogP contribution in [0.3, 0.4) is 0 Å². The number of nitrogens with one attached hydrogen (secondary N) is 1. The lowest BCUT2D eigenvalue weighted by Crippen LogP contribution is -2.31. The van der Waals surface area contributed by atoms with Crippen LogP contribution in [0.1, 0.15) is 40.7 Å². The monoisotopic (exact) mass is 325 g/mol. The van der Waals surface area contributed by atoms with E-state index in [-0.39, 0.29) is 5.91 Å². The number of benzene rings is 1. The van der Waals surface area contributed by atoms with E-state index in [4.69, 9.17) is 0 Å².